The fourth-order valence-corrected chi connectivity index (χ4v) is 4.25. The van der Waals surface area contributed by atoms with Crippen molar-refractivity contribution in [3.8, 4) is 0 Å². The van der Waals surface area contributed by atoms with Crippen LogP contribution in [0.4, 0.5) is 5.69 Å². The number of anilines is 1. The highest BCUT2D eigenvalue weighted by atomic mass is 32.2. The molecule has 1 aliphatic rings. The lowest BCUT2D eigenvalue weighted by Crippen LogP contribution is -2.31. The van der Waals surface area contributed by atoms with Crippen LogP contribution in [0.3, 0.4) is 0 Å². The van der Waals surface area contributed by atoms with Crippen LogP contribution in [-0.4, -0.2) is 33.6 Å². The summed E-state index contributed by atoms with van der Waals surface area (Å²) in [7, 11) is -3.79. The van der Waals surface area contributed by atoms with Gasteiger partial charge in [-0.1, -0.05) is 12.1 Å². The second-order valence-corrected chi connectivity index (χ2v) is 8.54. The lowest BCUT2D eigenvalue weighted by atomic mass is 10.1. The van der Waals surface area contributed by atoms with E-state index in [-0.39, 0.29) is 16.9 Å². The van der Waals surface area contributed by atoms with Crippen LogP contribution >= 0.6 is 0 Å². The van der Waals surface area contributed by atoms with Gasteiger partial charge in [0.15, 0.2) is 0 Å². The Morgan fingerprint density at radius 3 is 2.56 bits per heavy atom. The van der Waals surface area contributed by atoms with Crippen LogP contribution in [0, 0.1) is 13.8 Å². The third-order valence-electron chi connectivity index (χ3n) is 4.39. The van der Waals surface area contributed by atoms with Crippen molar-refractivity contribution in [2.45, 2.75) is 37.7 Å². The molecule has 2 N–H and O–H groups in total. The largest absolute Gasteiger partial charge is 0.376 e. The Hall–Kier alpha value is -2.38. The van der Waals surface area contributed by atoms with Crippen molar-refractivity contribution in [2.24, 2.45) is 0 Å². The number of benzene rings is 2. The highest BCUT2D eigenvalue weighted by Gasteiger charge is 2.19. The van der Waals surface area contributed by atoms with E-state index in [2.05, 4.69) is 10.0 Å². The average molecular weight is 388 g/mol. The van der Waals surface area contributed by atoms with E-state index in [4.69, 9.17) is 4.74 Å². The van der Waals surface area contributed by atoms with Gasteiger partial charge in [-0.05, 0) is 68.1 Å². The number of hydrogen-bond donors (Lipinski definition) is 2. The predicted molar refractivity (Wildman–Crippen MR) is 104 cm³/mol. The Labute approximate surface area is 160 Å². The highest BCUT2D eigenvalue weighted by molar-refractivity contribution is 7.92. The summed E-state index contributed by atoms with van der Waals surface area (Å²) in [4.78, 5) is 12.4. The maximum absolute atomic E-state index is 12.7. The number of carbonyl (C=O) groups excluding carboxylic acids is 1. The first kappa shape index (κ1) is 19.4. The molecule has 1 amide bonds. The first-order chi connectivity index (χ1) is 12.8. The number of amides is 1. The molecule has 7 heteroatoms. The number of hydrogen-bond acceptors (Lipinski definition) is 4. The number of carbonyl (C=O) groups is 1. The summed E-state index contributed by atoms with van der Waals surface area (Å²) >= 11 is 0. The molecule has 144 valence electrons. The van der Waals surface area contributed by atoms with Crippen molar-refractivity contribution in [1.82, 2.24) is 5.32 Å². The molecule has 1 saturated heterocycles. The van der Waals surface area contributed by atoms with E-state index in [0.717, 1.165) is 30.6 Å². The van der Waals surface area contributed by atoms with Gasteiger partial charge in [-0.15, -0.1) is 0 Å². The average Bonchev–Trinajstić information content (AvgIpc) is 3.12. The van der Waals surface area contributed by atoms with Crippen molar-refractivity contribution in [3.05, 3.63) is 59.2 Å². The van der Waals surface area contributed by atoms with Gasteiger partial charge in [0.05, 0.1) is 11.0 Å². The monoisotopic (exact) mass is 388 g/mol. The number of nitrogens with one attached hydrogen (secondary N) is 2. The van der Waals surface area contributed by atoms with Crippen molar-refractivity contribution in [2.75, 3.05) is 17.9 Å². The third-order valence-corrected chi connectivity index (χ3v) is 5.77. The molecule has 3 rings (SSSR count). The fraction of sp³-hybridized carbons (Fsp3) is 0.350. The molecule has 0 saturated carbocycles. The van der Waals surface area contributed by atoms with Crippen LogP contribution in [0.2, 0.25) is 0 Å². The van der Waals surface area contributed by atoms with Gasteiger partial charge in [-0.25, -0.2) is 8.42 Å². The van der Waals surface area contributed by atoms with Gasteiger partial charge >= 0.3 is 0 Å². The van der Waals surface area contributed by atoms with E-state index in [1.807, 2.05) is 19.9 Å². The first-order valence-electron chi connectivity index (χ1n) is 8.94. The van der Waals surface area contributed by atoms with Gasteiger partial charge in [0.2, 0.25) is 0 Å². The molecule has 0 aromatic heterocycles. The van der Waals surface area contributed by atoms with Crippen molar-refractivity contribution in [3.63, 3.8) is 0 Å². The zero-order valence-corrected chi connectivity index (χ0v) is 16.3. The van der Waals surface area contributed by atoms with E-state index in [9.17, 15) is 13.2 Å². The Balaban J connectivity index is 1.73. The van der Waals surface area contributed by atoms with E-state index in [1.54, 1.807) is 24.3 Å². The molecule has 0 bridgehead atoms. The summed E-state index contributed by atoms with van der Waals surface area (Å²) in [5.74, 6) is -0.311. The molecule has 1 unspecified atom stereocenters. The lowest BCUT2D eigenvalue weighted by molar-refractivity contribution is 0.0857. The summed E-state index contributed by atoms with van der Waals surface area (Å²) in [6, 6.07) is 11.5. The number of aryl methyl sites for hydroxylation is 2. The Morgan fingerprint density at radius 2 is 1.89 bits per heavy atom. The molecule has 1 heterocycles. The molecular weight excluding hydrogens is 364 g/mol. The molecule has 27 heavy (non-hydrogen) atoms. The summed E-state index contributed by atoms with van der Waals surface area (Å²) in [5.41, 5.74) is 2.74. The fourth-order valence-electron chi connectivity index (χ4n) is 3.17. The summed E-state index contributed by atoms with van der Waals surface area (Å²) in [5, 5.41) is 2.81. The standard InChI is InChI=1S/C20H24N2O4S/c1-14-9-15(2)11-17(10-14)22-27(24,25)19-7-3-5-16(12-19)20(23)21-13-18-6-4-8-26-18/h3,5,7,9-12,18,22H,4,6,8,13H2,1-2H3,(H,21,23). The van der Waals surface area contributed by atoms with Gasteiger partial charge in [-0.3, -0.25) is 9.52 Å². The van der Waals surface area contributed by atoms with Crippen LogP contribution in [0.1, 0.15) is 34.3 Å². The van der Waals surface area contributed by atoms with Gasteiger partial charge in [-0.2, -0.15) is 0 Å². The smallest absolute Gasteiger partial charge is 0.261 e. The summed E-state index contributed by atoms with van der Waals surface area (Å²) < 4.78 is 33.5. The van der Waals surface area contributed by atoms with Crippen LogP contribution in [0.25, 0.3) is 0 Å². The highest BCUT2D eigenvalue weighted by Crippen LogP contribution is 2.20. The van der Waals surface area contributed by atoms with Gasteiger partial charge < -0.3 is 10.1 Å². The Morgan fingerprint density at radius 1 is 1.15 bits per heavy atom. The van der Waals surface area contributed by atoms with Crippen molar-refractivity contribution in [1.29, 1.82) is 0 Å². The number of sulfonamides is 1. The van der Waals surface area contributed by atoms with Crippen LogP contribution < -0.4 is 10.0 Å². The Bertz CT molecular complexity index is 914. The quantitative estimate of drug-likeness (QED) is 0.797. The molecular formula is C20H24N2O4S. The van der Waals surface area contributed by atoms with Crippen LogP contribution in [0.15, 0.2) is 47.4 Å². The minimum absolute atomic E-state index is 0.0343. The van der Waals surface area contributed by atoms with Crippen molar-refractivity contribution < 1.29 is 17.9 Å². The minimum Gasteiger partial charge on any atom is -0.376 e. The molecule has 0 aliphatic carbocycles. The van der Waals surface area contributed by atoms with Gasteiger partial charge in [0.1, 0.15) is 0 Å². The van der Waals surface area contributed by atoms with E-state index in [0.29, 0.717) is 17.8 Å². The van der Waals surface area contributed by atoms with Gasteiger partial charge in [0.25, 0.3) is 15.9 Å². The normalized spacial score (nSPS) is 16.9. The second-order valence-electron chi connectivity index (χ2n) is 6.85. The molecule has 1 aliphatic heterocycles. The molecule has 1 fully saturated rings. The molecule has 0 radical (unpaired) electrons. The molecule has 2 aromatic rings. The molecule has 6 nitrogen and oxygen atoms in total. The molecule has 1 atom stereocenters. The predicted octanol–water partition coefficient (Wildman–Crippen LogP) is 3.01. The van der Waals surface area contributed by atoms with E-state index >= 15 is 0 Å². The zero-order valence-electron chi connectivity index (χ0n) is 15.5. The van der Waals surface area contributed by atoms with E-state index < -0.39 is 10.0 Å². The third kappa shape index (κ3) is 5.08. The second kappa shape index (κ2) is 8.10. The Kier molecular flexibility index (Phi) is 5.82. The number of rotatable bonds is 6. The maximum Gasteiger partial charge on any atom is 0.261 e. The lowest BCUT2D eigenvalue weighted by Gasteiger charge is -2.12. The molecule has 2 aromatic carbocycles. The zero-order chi connectivity index (χ0) is 19.4. The van der Waals surface area contributed by atoms with Gasteiger partial charge in [0, 0.05) is 24.4 Å². The van der Waals surface area contributed by atoms with Crippen LogP contribution in [-0.2, 0) is 14.8 Å². The first-order valence-corrected chi connectivity index (χ1v) is 10.4. The minimum atomic E-state index is -3.79. The maximum atomic E-state index is 12.7. The topological polar surface area (TPSA) is 84.5 Å². The van der Waals surface area contributed by atoms with E-state index in [1.165, 1.54) is 12.1 Å². The summed E-state index contributed by atoms with van der Waals surface area (Å²) in [6.07, 6.45) is 1.96. The summed E-state index contributed by atoms with van der Waals surface area (Å²) in [6.45, 7) is 4.96. The number of ether oxygens (including phenoxy) is 1. The van der Waals surface area contributed by atoms with Crippen molar-refractivity contribution >= 4 is 21.6 Å². The van der Waals surface area contributed by atoms with Crippen LogP contribution in [0.5, 0.6) is 0 Å². The molecule has 0 spiro atoms. The SMILES string of the molecule is Cc1cc(C)cc(NS(=O)(=O)c2cccc(C(=O)NCC3CCCO3)c2)c1.